The Labute approximate surface area is 152 Å². The van der Waals surface area contributed by atoms with E-state index in [0.29, 0.717) is 18.5 Å². The molecule has 5 nitrogen and oxygen atoms in total. The lowest BCUT2D eigenvalue weighted by molar-refractivity contribution is -0.141. The summed E-state index contributed by atoms with van der Waals surface area (Å²) in [5.74, 6) is 1.49. The maximum absolute atomic E-state index is 12.7. The lowest BCUT2D eigenvalue weighted by Crippen LogP contribution is -2.48. The molecule has 2 heterocycles. The summed E-state index contributed by atoms with van der Waals surface area (Å²) in [7, 11) is 2.07. The normalized spacial score (nSPS) is 24.3. The van der Waals surface area contributed by atoms with E-state index in [1.165, 1.54) is 25.7 Å². The van der Waals surface area contributed by atoms with Crippen molar-refractivity contribution in [2.75, 3.05) is 39.8 Å². The summed E-state index contributed by atoms with van der Waals surface area (Å²) in [6.07, 6.45) is 9.09. The van der Waals surface area contributed by atoms with Crippen LogP contribution in [0.5, 0.6) is 0 Å². The Bertz CT molecular complexity index is 462. The number of likely N-dealkylation sites (tertiary alicyclic amines) is 2. The number of carbonyl (C=O) groups is 2. The molecule has 1 unspecified atom stereocenters. The van der Waals surface area contributed by atoms with Gasteiger partial charge in [0.15, 0.2) is 0 Å². The summed E-state index contributed by atoms with van der Waals surface area (Å²) in [6, 6.07) is 0.506. The van der Waals surface area contributed by atoms with E-state index in [2.05, 4.69) is 23.8 Å². The lowest BCUT2D eigenvalue weighted by atomic mass is 9.95. The van der Waals surface area contributed by atoms with Gasteiger partial charge in [-0.3, -0.25) is 14.5 Å². The third kappa shape index (κ3) is 4.96. The van der Waals surface area contributed by atoms with Crippen LogP contribution in [0.25, 0.3) is 0 Å². The lowest BCUT2D eigenvalue weighted by Gasteiger charge is -2.35. The van der Waals surface area contributed by atoms with E-state index in [1.54, 1.807) is 0 Å². The summed E-state index contributed by atoms with van der Waals surface area (Å²) in [5, 5.41) is 0. The van der Waals surface area contributed by atoms with Crippen LogP contribution in [0.4, 0.5) is 0 Å². The number of piperidine rings is 1. The highest BCUT2D eigenvalue weighted by Crippen LogP contribution is 2.34. The maximum Gasteiger partial charge on any atom is 0.236 e. The van der Waals surface area contributed by atoms with Crippen LogP contribution >= 0.6 is 0 Å². The van der Waals surface area contributed by atoms with Crippen molar-refractivity contribution in [2.45, 2.75) is 64.3 Å². The smallest absolute Gasteiger partial charge is 0.236 e. The molecule has 0 aromatic heterocycles. The molecule has 3 aliphatic rings. The van der Waals surface area contributed by atoms with E-state index in [-0.39, 0.29) is 11.8 Å². The van der Waals surface area contributed by atoms with Gasteiger partial charge in [0.05, 0.1) is 6.54 Å². The SMILES string of the molecule is CC(C1CC1)N(C)CC(=O)N1CCC(C(=O)N2CCCCCC2)CC1. The zero-order valence-corrected chi connectivity index (χ0v) is 16.1. The summed E-state index contributed by atoms with van der Waals surface area (Å²) < 4.78 is 0. The minimum Gasteiger partial charge on any atom is -0.342 e. The Morgan fingerprint density at radius 3 is 2.08 bits per heavy atom. The average Bonchev–Trinajstić information content (AvgIpc) is 3.47. The fourth-order valence-electron chi connectivity index (χ4n) is 4.32. The molecule has 2 aliphatic heterocycles. The minimum atomic E-state index is 0.130. The topological polar surface area (TPSA) is 43.9 Å². The van der Waals surface area contributed by atoms with Crippen molar-refractivity contribution in [2.24, 2.45) is 11.8 Å². The van der Waals surface area contributed by atoms with Crippen molar-refractivity contribution in [3.8, 4) is 0 Å². The molecule has 0 bridgehead atoms. The van der Waals surface area contributed by atoms with Crippen LogP contribution in [-0.4, -0.2) is 72.3 Å². The molecular formula is C20H35N3O2. The van der Waals surface area contributed by atoms with E-state index in [9.17, 15) is 9.59 Å². The van der Waals surface area contributed by atoms with E-state index in [0.717, 1.165) is 57.8 Å². The molecule has 1 saturated carbocycles. The molecule has 1 atom stereocenters. The van der Waals surface area contributed by atoms with Crippen molar-refractivity contribution >= 4 is 11.8 Å². The van der Waals surface area contributed by atoms with Gasteiger partial charge in [-0.05, 0) is 58.4 Å². The molecule has 25 heavy (non-hydrogen) atoms. The third-order valence-corrected chi connectivity index (χ3v) is 6.50. The van der Waals surface area contributed by atoms with Gasteiger partial charge >= 0.3 is 0 Å². The Morgan fingerprint density at radius 1 is 0.920 bits per heavy atom. The molecule has 0 radical (unpaired) electrons. The van der Waals surface area contributed by atoms with E-state index in [1.807, 2.05) is 4.90 Å². The van der Waals surface area contributed by atoms with Gasteiger partial charge in [0.25, 0.3) is 0 Å². The van der Waals surface area contributed by atoms with Crippen LogP contribution in [0, 0.1) is 11.8 Å². The molecule has 142 valence electrons. The van der Waals surface area contributed by atoms with Gasteiger partial charge < -0.3 is 9.80 Å². The molecule has 2 saturated heterocycles. The van der Waals surface area contributed by atoms with Crippen LogP contribution in [0.2, 0.25) is 0 Å². The molecule has 3 rings (SSSR count). The molecule has 0 N–H and O–H groups in total. The summed E-state index contributed by atoms with van der Waals surface area (Å²) in [4.78, 5) is 31.6. The predicted octanol–water partition coefficient (Wildman–Crippen LogP) is 2.36. The van der Waals surface area contributed by atoms with Gasteiger partial charge in [0, 0.05) is 38.1 Å². The molecule has 0 aromatic rings. The average molecular weight is 350 g/mol. The van der Waals surface area contributed by atoms with Crippen molar-refractivity contribution < 1.29 is 9.59 Å². The maximum atomic E-state index is 12.7. The summed E-state index contributed by atoms with van der Waals surface area (Å²) >= 11 is 0. The zero-order valence-electron chi connectivity index (χ0n) is 16.1. The van der Waals surface area contributed by atoms with Crippen LogP contribution in [0.15, 0.2) is 0 Å². The Balaban J connectivity index is 1.42. The first-order valence-corrected chi connectivity index (χ1v) is 10.3. The van der Waals surface area contributed by atoms with Crippen molar-refractivity contribution in [1.29, 1.82) is 0 Å². The number of hydrogen-bond acceptors (Lipinski definition) is 3. The zero-order chi connectivity index (χ0) is 17.8. The first-order chi connectivity index (χ1) is 12.1. The molecule has 0 spiro atoms. The number of hydrogen-bond donors (Lipinski definition) is 0. The monoisotopic (exact) mass is 349 g/mol. The Morgan fingerprint density at radius 2 is 1.52 bits per heavy atom. The second-order valence-corrected chi connectivity index (χ2v) is 8.39. The van der Waals surface area contributed by atoms with Crippen LogP contribution in [0.1, 0.15) is 58.3 Å². The van der Waals surface area contributed by atoms with Gasteiger partial charge in [-0.15, -0.1) is 0 Å². The third-order valence-electron chi connectivity index (χ3n) is 6.50. The fraction of sp³-hybridized carbons (Fsp3) is 0.900. The fourth-order valence-corrected chi connectivity index (χ4v) is 4.32. The quantitative estimate of drug-likeness (QED) is 0.765. The summed E-state index contributed by atoms with van der Waals surface area (Å²) in [5.41, 5.74) is 0. The second kappa shape index (κ2) is 8.52. The van der Waals surface area contributed by atoms with Gasteiger partial charge in [-0.2, -0.15) is 0 Å². The van der Waals surface area contributed by atoms with Crippen molar-refractivity contribution in [1.82, 2.24) is 14.7 Å². The standard InChI is InChI=1S/C20H35N3O2/c1-16(17-7-8-17)21(2)15-19(24)22-13-9-18(10-14-22)20(25)23-11-5-3-4-6-12-23/h16-18H,3-15H2,1-2H3. The summed E-state index contributed by atoms with van der Waals surface area (Å²) in [6.45, 7) is 6.10. The van der Waals surface area contributed by atoms with Gasteiger partial charge in [0.2, 0.25) is 11.8 Å². The molecule has 3 fully saturated rings. The molecule has 5 heteroatoms. The first kappa shape index (κ1) is 18.7. The Hall–Kier alpha value is -1.10. The molecular weight excluding hydrogens is 314 g/mol. The number of carbonyl (C=O) groups excluding carboxylic acids is 2. The number of amides is 2. The highest BCUT2D eigenvalue weighted by molar-refractivity contribution is 5.81. The molecule has 0 aromatic carbocycles. The van der Waals surface area contributed by atoms with Gasteiger partial charge in [0.1, 0.15) is 0 Å². The number of rotatable bonds is 5. The highest BCUT2D eigenvalue weighted by atomic mass is 16.2. The highest BCUT2D eigenvalue weighted by Gasteiger charge is 2.33. The largest absolute Gasteiger partial charge is 0.342 e. The number of nitrogens with zero attached hydrogens (tertiary/aromatic N) is 3. The van der Waals surface area contributed by atoms with E-state index >= 15 is 0 Å². The van der Waals surface area contributed by atoms with Crippen molar-refractivity contribution in [3.05, 3.63) is 0 Å². The van der Waals surface area contributed by atoms with Crippen LogP contribution < -0.4 is 0 Å². The molecule has 2 amide bonds. The van der Waals surface area contributed by atoms with E-state index in [4.69, 9.17) is 0 Å². The van der Waals surface area contributed by atoms with E-state index < -0.39 is 0 Å². The van der Waals surface area contributed by atoms with Gasteiger partial charge in [-0.1, -0.05) is 12.8 Å². The van der Waals surface area contributed by atoms with Gasteiger partial charge in [-0.25, -0.2) is 0 Å². The predicted molar refractivity (Wildman–Crippen MR) is 99.2 cm³/mol. The second-order valence-electron chi connectivity index (χ2n) is 8.39. The van der Waals surface area contributed by atoms with Crippen LogP contribution in [-0.2, 0) is 9.59 Å². The first-order valence-electron chi connectivity index (χ1n) is 10.3. The van der Waals surface area contributed by atoms with Crippen LogP contribution in [0.3, 0.4) is 0 Å². The number of likely N-dealkylation sites (N-methyl/N-ethyl adjacent to an activating group) is 1. The van der Waals surface area contributed by atoms with Crippen molar-refractivity contribution in [3.63, 3.8) is 0 Å². The molecule has 1 aliphatic carbocycles. The Kier molecular flexibility index (Phi) is 6.37. The minimum absolute atomic E-state index is 0.130.